The first kappa shape index (κ1) is 29.0. The zero-order chi connectivity index (χ0) is 28.6. The molecule has 0 saturated carbocycles. The van der Waals surface area contributed by atoms with Crippen LogP contribution in [0.2, 0.25) is 0 Å². The molecule has 2 aromatic carbocycles. The van der Waals surface area contributed by atoms with Gasteiger partial charge in [-0.1, -0.05) is 74.5 Å². The lowest BCUT2D eigenvalue weighted by Gasteiger charge is -2.19. The van der Waals surface area contributed by atoms with E-state index in [4.69, 9.17) is 4.74 Å². The number of ketones is 2. The summed E-state index contributed by atoms with van der Waals surface area (Å²) in [4.78, 5) is 26.5. The van der Waals surface area contributed by atoms with Gasteiger partial charge in [-0.3, -0.25) is 9.59 Å². The number of carbonyl (C=O) groups excluding carboxylic acids is 2. The fraction of sp³-hybridized carbons (Fsp3) is 0.314. The molecule has 5 rings (SSSR count). The SMILES string of the molecule is C=C/C=C\C.CCCC1CCn2cc(c3ccccc32)/C(C(C)=O)=C(/C(C)=O)c2cn(c3ccccc23)CCO1. The van der Waals surface area contributed by atoms with Crippen LogP contribution in [0.1, 0.15) is 58.1 Å². The maximum atomic E-state index is 13.2. The Balaban J connectivity index is 0.000000681. The van der Waals surface area contributed by atoms with Crippen molar-refractivity contribution >= 4 is 44.5 Å². The van der Waals surface area contributed by atoms with Crippen LogP contribution in [-0.4, -0.2) is 33.4 Å². The van der Waals surface area contributed by atoms with Crippen LogP contribution in [0, 0.1) is 0 Å². The van der Waals surface area contributed by atoms with E-state index >= 15 is 0 Å². The molecule has 1 atom stereocenters. The Kier molecular flexibility index (Phi) is 9.73. The topological polar surface area (TPSA) is 53.2 Å². The third kappa shape index (κ3) is 6.10. The normalized spacial score (nSPS) is 17.9. The summed E-state index contributed by atoms with van der Waals surface area (Å²) in [5.74, 6) is -0.212. The van der Waals surface area contributed by atoms with E-state index in [0.717, 1.165) is 58.7 Å². The number of rotatable bonds is 5. The number of aromatic nitrogens is 2. The molecule has 0 N–H and O–H groups in total. The predicted molar refractivity (Wildman–Crippen MR) is 166 cm³/mol. The minimum absolute atomic E-state index is 0.103. The zero-order valence-electron chi connectivity index (χ0n) is 24.2. The number of aryl methyl sites for hydroxylation is 1. The smallest absolute Gasteiger partial charge is 0.161 e. The highest BCUT2D eigenvalue weighted by Gasteiger charge is 2.26. The van der Waals surface area contributed by atoms with Gasteiger partial charge in [-0.25, -0.2) is 0 Å². The minimum atomic E-state index is -0.110. The van der Waals surface area contributed by atoms with Crippen molar-refractivity contribution in [2.75, 3.05) is 6.61 Å². The molecule has 0 fully saturated rings. The molecular weight excluding hydrogens is 496 g/mol. The van der Waals surface area contributed by atoms with Crippen molar-refractivity contribution in [1.29, 1.82) is 0 Å². The van der Waals surface area contributed by atoms with Crippen molar-refractivity contribution in [3.63, 3.8) is 0 Å². The van der Waals surface area contributed by atoms with Gasteiger partial charge in [0.25, 0.3) is 0 Å². The molecule has 0 amide bonds. The van der Waals surface area contributed by atoms with E-state index in [0.29, 0.717) is 24.3 Å². The monoisotopic (exact) mass is 536 g/mol. The van der Waals surface area contributed by atoms with Crippen LogP contribution < -0.4 is 0 Å². The Morgan fingerprint density at radius 3 is 1.88 bits per heavy atom. The van der Waals surface area contributed by atoms with Crippen molar-refractivity contribution in [1.82, 2.24) is 9.13 Å². The number of Topliss-reactive ketones (excluding diaryl/α,β-unsaturated/α-hetero) is 2. The standard InChI is InChI=1S/C30H32N2O3.C5H8/c1-4-9-22-14-15-31-18-25(23-10-5-7-12-27(23)31)29(20(2)33)30(21(3)34)26-19-32(16-17-35-22)28-13-8-6-11-24(26)28;1-3-5-4-2/h5-8,10-13,18-19,22H,4,9,14-17H2,1-3H3;3-5H,1H2,2H3/b30-29-;5-4-. The molecular formula is C35H40N2O3. The van der Waals surface area contributed by atoms with Crippen LogP contribution in [-0.2, 0) is 27.4 Å². The van der Waals surface area contributed by atoms with Gasteiger partial charge < -0.3 is 13.9 Å². The van der Waals surface area contributed by atoms with Crippen molar-refractivity contribution < 1.29 is 14.3 Å². The van der Waals surface area contributed by atoms with Crippen LogP contribution in [0.4, 0.5) is 0 Å². The molecule has 1 aliphatic heterocycles. The maximum Gasteiger partial charge on any atom is 0.161 e. The molecule has 5 nitrogen and oxygen atoms in total. The molecule has 4 bridgehead atoms. The quantitative estimate of drug-likeness (QED) is 0.243. The first-order valence-electron chi connectivity index (χ1n) is 14.2. The first-order chi connectivity index (χ1) is 19.4. The fourth-order valence-electron chi connectivity index (χ4n) is 5.63. The summed E-state index contributed by atoms with van der Waals surface area (Å²) in [6.07, 6.45) is 12.8. The van der Waals surface area contributed by atoms with Crippen LogP contribution >= 0.6 is 0 Å². The number of hydrogen-bond donors (Lipinski definition) is 0. The number of benzene rings is 2. The average molecular weight is 537 g/mol. The summed E-state index contributed by atoms with van der Waals surface area (Å²) < 4.78 is 10.7. The Bertz CT molecular complexity index is 1580. The van der Waals surface area contributed by atoms with Crippen LogP contribution in [0.15, 0.2) is 85.7 Å². The van der Waals surface area contributed by atoms with E-state index in [9.17, 15) is 9.59 Å². The molecule has 1 unspecified atom stereocenters. The third-order valence-electron chi connectivity index (χ3n) is 7.39. The molecule has 0 saturated heterocycles. The van der Waals surface area contributed by atoms with E-state index < -0.39 is 0 Å². The third-order valence-corrected chi connectivity index (χ3v) is 7.39. The largest absolute Gasteiger partial charge is 0.376 e. The van der Waals surface area contributed by atoms with E-state index in [1.54, 1.807) is 19.9 Å². The van der Waals surface area contributed by atoms with Gasteiger partial charge in [-0.05, 0) is 45.7 Å². The van der Waals surface area contributed by atoms with E-state index in [1.165, 1.54) is 0 Å². The van der Waals surface area contributed by atoms with Crippen LogP contribution in [0.25, 0.3) is 33.0 Å². The fourth-order valence-corrected chi connectivity index (χ4v) is 5.63. The molecule has 0 spiro atoms. The minimum Gasteiger partial charge on any atom is -0.376 e. The van der Waals surface area contributed by atoms with Gasteiger partial charge in [0, 0.05) is 69.6 Å². The van der Waals surface area contributed by atoms with Gasteiger partial charge in [-0.15, -0.1) is 0 Å². The second kappa shape index (κ2) is 13.4. The number of nitrogens with zero attached hydrogens (tertiary/aromatic N) is 2. The molecule has 0 radical (unpaired) electrons. The molecule has 40 heavy (non-hydrogen) atoms. The molecule has 208 valence electrons. The molecule has 5 heteroatoms. The highest BCUT2D eigenvalue weighted by Crippen LogP contribution is 2.37. The second-order valence-corrected chi connectivity index (χ2v) is 10.2. The Morgan fingerprint density at radius 2 is 1.43 bits per heavy atom. The number of hydrogen-bond acceptors (Lipinski definition) is 3. The first-order valence-corrected chi connectivity index (χ1v) is 14.2. The summed E-state index contributed by atoms with van der Waals surface area (Å²) in [7, 11) is 0. The number of carbonyl (C=O) groups is 2. The van der Waals surface area contributed by atoms with Crippen LogP contribution in [0.3, 0.4) is 0 Å². The van der Waals surface area contributed by atoms with Gasteiger partial charge in [0.15, 0.2) is 11.6 Å². The summed E-state index contributed by atoms with van der Waals surface area (Å²) in [5.41, 5.74) is 4.71. The van der Waals surface area contributed by atoms with Crippen molar-refractivity contribution in [3.8, 4) is 0 Å². The summed E-state index contributed by atoms with van der Waals surface area (Å²) in [5, 5.41) is 1.96. The lowest BCUT2D eigenvalue weighted by molar-refractivity contribution is -0.113. The van der Waals surface area contributed by atoms with E-state index in [2.05, 4.69) is 41.0 Å². The highest BCUT2D eigenvalue weighted by molar-refractivity contribution is 6.42. The molecule has 4 aromatic rings. The second-order valence-electron chi connectivity index (χ2n) is 10.2. The Labute approximate surface area is 237 Å². The van der Waals surface area contributed by atoms with Crippen molar-refractivity contribution in [2.24, 2.45) is 0 Å². The van der Waals surface area contributed by atoms with Crippen molar-refractivity contribution in [2.45, 2.75) is 66.2 Å². The zero-order valence-corrected chi connectivity index (χ0v) is 24.2. The number of allylic oxidation sites excluding steroid dienone is 5. The van der Waals surface area contributed by atoms with Gasteiger partial charge in [0.2, 0.25) is 0 Å². The number of para-hydroxylation sites is 2. The summed E-state index contributed by atoms with van der Waals surface area (Å²) in [6.45, 7) is 12.8. The summed E-state index contributed by atoms with van der Waals surface area (Å²) >= 11 is 0. The van der Waals surface area contributed by atoms with Gasteiger partial charge >= 0.3 is 0 Å². The predicted octanol–water partition coefficient (Wildman–Crippen LogP) is 8.02. The van der Waals surface area contributed by atoms with E-state index in [-0.39, 0.29) is 17.7 Å². The molecule has 2 aromatic heterocycles. The molecule has 0 aliphatic carbocycles. The Hall–Kier alpha value is -3.96. The molecule has 1 aliphatic rings. The number of fused-ring (bicyclic) bond motifs is 10. The maximum absolute atomic E-state index is 13.2. The number of ether oxygens (including phenoxy) is 1. The highest BCUT2D eigenvalue weighted by atomic mass is 16.5. The van der Waals surface area contributed by atoms with Crippen molar-refractivity contribution in [3.05, 3.63) is 96.9 Å². The average Bonchev–Trinajstić information content (AvgIpc) is 3.48. The summed E-state index contributed by atoms with van der Waals surface area (Å²) in [6, 6.07) is 16.2. The molecule has 3 heterocycles. The van der Waals surface area contributed by atoms with Gasteiger partial charge in [0.1, 0.15) is 0 Å². The van der Waals surface area contributed by atoms with Gasteiger partial charge in [0.05, 0.1) is 12.7 Å². The van der Waals surface area contributed by atoms with Gasteiger partial charge in [-0.2, -0.15) is 0 Å². The van der Waals surface area contributed by atoms with Crippen LogP contribution in [0.5, 0.6) is 0 Å². The lowest BCUT2D eigenvalue weighted by atomic mass is 9.89. The Morgan fingerprint density at radius 1 is 0.900 bits per heavy atom. The van der Waals surface area contributed by atoms with E-state index in [1.807, 2.05) is 61.7 Å². The lowest BCUT2D eigenvalue weighted by Crippen LogP contribution is -2.18.